The lowest BCUT2D eigenvalue weighted by molar-refractivity contribution is -0.128. The predicted octanol–water partition coefficient (Wildman–Crippen LogP) is 4.51. The van der Waals surface area contributed by atoms with Crippen LogP contribution in [-0.4, -0.2) is 83.8 Å². The standard InChI is InChI=1S/C34H33F2N7O2/c1-3-28(44)43-10-9-42(17-22(43)7-8-37)33-26(14-38)34(45-18-23-13-21(35)16-41(23)2)40-32-27(33)15-39-31(30(32)36)24-6-4-5-19-11-20-12-25(20)29(19)24/h3-6,15,20-23,25H,1,7,9-13,16-18H2,2H3/t20?,21-,22+,23+,25?/m1/s1. The number of benzene rings is 1. The molecule has 0 radical (unpaired) electrons. The van der Waals surface area contributed by atoms with Crippen LogP contribution in [-0.2, 0) is 11.2 Å². The summed E-state index contributed by atoms with van der Waals surface area (Å²) in [7, 11) is 1.82. The minimum atomic E-state index is -0.976. The summed E-state index contributed by atoms with van der Waals surface area (Å²) in [6.07, 6.45) is 4.27. The number of hydrogen-bond donors (Lipinski definition) is 0. The van der Waals surface area contributed by atoms with Crippen molar-refractivity contribution in [2.45, 2.75) is 49.9 Å². The summed E-state index contributed by atoms with van der Waals surface area (Å²) in [5.41, 5.74) is 3.89. The van der Waals surface area contributed by atoms with E-state index in [-0.39, 0.29) is 73.7 Å². The highest BCUT2D eigenvalue weighted by atomic mass is 19.1. The van der Waals surface area contributed by atoms with Gasteiger partial charge < -0.3 is 14.5 Å². The molecule has 0 bridgehead atoms. The quantitative estimate of drug-likeness (QED) is 0.360. The van der Waals surface area contributed by atoms with E-state index in [4.69, 9.17) is 4.74 Å². The van der Waals surface area contributed by atoms with Crippen molar-refractivity contribution < 1.29 is 18.3 Å². The van der Waals surface area contributed by atoms with Gasteiger partial charge in [-0.3, -0.25) is 14.7 Å². The number of amides is 1. The highest BCUT2D eigenvalue weighted by Gasteiger charge is 2.46. The summed E-state index contributed by atoms with van der Waals surface area (Å²) in [6.45, 7) is 4.79. The topological polar surface area (TPSA) is 109 Å². The van der Waals surface area contributed by atoms with Gasteiger partial charge in [0, 0.05) is 49.4 Å². The van der Waals surface area contributed by atoms with Gasteiger partial charge in [0.2, 0.25) is 11.8 Å². The maximum atomic E-state index is 16.7. The Morgan fingerprint density at radius 3 is 2.80 bits per heavy atom. The fourth-order valence-electron chi connectivity index (χ4n) is 7.55. The molecular weight excluding hydrogens is 576 g/mol. The van der Waals surface area contributed by atoms with Crippen LogP contribution in [0.15, 0.2) is 37.1 Å². The molecule has 45 heavy (non-hydrogen) atoms. The predicted molar refractivity (Wildman–Crippen MR) is 164 cm³/mol. The van der Waals surface area contributed by atoms with E-state index < -0.39 is 18.0 Å². The maximum absolute atomic E-state index is 16.7. The van der Waals surface area contributed by atoms with E-state index >= 15 is 4.39 Å². The van der Waals surface area contributed by atoms with Crippen LogP contribution in [0.5, 0.6) is 5.88 Å². The number of nitriles is 2. The van der Waals surface area contributed by atoms with Gasteiger partial charge in [-0.2, -0.15) is 10.5 Å². The monoisotopic (exact) mass is 609 g/mol. The van der Waals surface area contributed by atoms with Gasteiger partial charge in [-0.15, -0.1) is 0 Å². The fourth-order valence-corrected chi connectivity index (χ4v) is 7.55. The Bertz CT molecular complexity index is 1800. The number of ether oxygens (including phenoxy) is 1. The van der Waals surface area contributed by atoms with Gasteiger partial charge in [0.05, 0.1) is 24.2 Å². The van der Waals surface area contributed by atoms with Crippen molar-refractivity contribution >= 4 is 22.5 Å². The average molecular weight is 610 g/mol. The summed E-state index contributed by atoms with van der Waals surface area (Å²) in [4.78, 5) is 27.2. The number of nitrogens with zero attached hydrogens (tertiary/aromatic N) is 7. The molecule has 0 spiro atoms. The zero-order chi connectivity index (χ0) is 31.4. The van der Waals surface area contributed by atoms with E-state index in [2.05, 4.69) is 34.8 Å². The average Bonchev–Trinajstić information content (AvgIpc) is 3.58. The molecule has 5 atom stereocenters. The third-order valence-electron chi connectivity index (χ3n) is 9.88. The Morgan fingerprint density at radius 1 is 1.22 bits per heavy atom. The lowest BCUT2D eigenvalue weighted by Crippen LogP contribution is -2.55. The molecule has 4 aliphatic rings. The molecule has 7 rings (SSSR count). The van der Waals surface area contributed by atoms with Crippen LogP contribution < -0.4 is 9.64 Å². The highest BCUT2D eigenvalue weighted by molar-refractivity contribution is 5.98. The molecule has 9 nitrogen and oxygen atoms in total. The summed E-state index contributed by atoms with van der Waals surface area (Å²) < 4.78 is 37.0. The van der Waals surface area contributed by atoms with Crippen LogP contribution in [0.4, 0.5) is 14.5 Å². The molecule has 2 aromatic heterocycles. The molecular formula is C34H33F2N7O2. The lowest BCUT2D eigenvalue weighted by atomic mass is 9.96. The number of anilines is 1. The van der Waals surface area contributed by atoms with Crippen LogP contribution in [0.25, 0.3) is 22.2 Å². The number of alkyl halides is 1. The first-order chi connectivity index (χ1) is 21.8. The van der Waals surface area contributed by atoms with E-state index in [0.717, 1.165) is 24.0 Å². The molecule has 1 saturated carbocycles. The van der Waals surface area contributed by atoms with E-state index in [1.807, 2.05) is 29.0 Å². The lowest BCUT2D eigenvalue weighted by Gasteiger charge is -2.42. The zero-order valence-corrected chi connectivity index (χ0v) is 25.0. The Balaban J connectivity index is 1.35. The van der Waals surface area contributed by atoms with Crippen molar-refractivity contribution in [1.29, 1.82) is 10.5 Å². The molecule has 2 saturated heterocycles. The first-order valence-electron chi connectivity index (χ1n) is 15.4. The fraction of sp³-hybridized carbons (Fsp3) is 0.441. The normalized spacial score (nSPS) is 25.4. The van der Waals surface area contributed by atoms with E-state index in [1.165, 1.54) is 11.6 Å². The molecule has 2 aliphatic carbocycles. The van der Waals surface area contributed by atoms with Crippen molar-refractivity contribution in [2.24, 2.45) is 5.92 Å². The first-order valence-corrected chi connectivity index (χ1v) is 15.4. The van der Waals surface area contributed by atoms with Gasteiger partial charge in [-0.05, 0) is 55.3 Å². The molecule has 11 heteroatoms. The molecule has 3 aromatic rings. The van der Waals surface area contributed by atoms with Crippen LogP contribution in [0.1, 0.15) is 41.9 Å². The number of pyridine rings is 2. The number of likely N-dealkylation sites (tertiary alicyclic amines) is 1. The smallest absolute Gasteiger partial charge is 0.246 e. The minimum absolute atomic E-state index is 0.0246. The Labute approximate surface area is 260 Å². The van der Waals surface area contributed by atoms with Crippen molar-refractivity contribution in [2.75, 3.05) is 44.7 Å². The van der Waals surface area contributed by atoms with Gasteiger partial charge in [0.25, 0.3) is 0 Å². The van der Waals surface area contributed by atoms with Gasteiger partial charge in [-0.25, -0.2) is 13.8 Å². The SMILES string of the molecule is C=CC(=O)N1CCN(c2c(C#N)c(OC[C@@H]3C[C@@H](F)CN3C)nc3c(F)c(-c4cccc5c4C4CC4C5)ncc23)C[C@@H]1CC#N. The molecule has 1 aromatic carbocycles. The second-order valence-electron chi connectivity index (χ2n) is 12.6. The number of carbonyl (C=O) groups is 1. The van der Waals surface area contributed by atoms with Crippen molar-refractivity contribution in [1.82, 2.24) is 19.8 Å². The number of carbonyl (C=O) groups excluding carboxylic acids is 1. The molecule has 3 fully saturated rings. The van der Waals surface area contributed by atoms with Gasteiger partial charge in [-0.1, -0.05) is 24.8 Å². The second-order valence-corrected chi connectivity index (χ2v) is 12.6. The minimum Gasteiger partial charge on any atom is -0.475 e. The highest BCUT2D eigenvalue weighted by Crippen LogP contribution is 2.58. The summed E-state index contributed by atoms with van der Waals surface area (Å²) in [6, 6.07) is 9.62. The number of likely N-dealkylation sites (N-methyl/N-ethyl adjacent to an activating group) is 1. The van der Waals surface area contributed by atoms with Crippen molar-refractivity contribution in [3.05, 3.63) is 59.6 Å². The molecule has 0 N–H and O–H groups in total. The number of halogens is 2. The van der Waals surface area contributed by atoms with Crippen LogP contribution in [0.2, 0.25) is 0 Å². The van der Waals surface area contributed by atoms with Gasteiger partial charge >= 0.3 is 0 Å². The van der Waals surface area contributed by atoms with E-state index in [1.54, 1.807) is 11.1 Å². The van der Waals surface area contributed by atoms with E-state index in [0.29, 0.717) is 29.5 Å². The third-order valence-corrected chi connectivity index (χ3v) is 9.88. The second kappa shape index (κ2) is 11.4. The van der Waals surface area contributed by atoms with Crippen LogP contribution >= 0.6 is 0 Å². The largest absolute Gasteiger partial charge is 0.475 e. The molecule has 4 heterocycles. The Kier molecular flexibility index (Phi) is 7.37. The number of fused-ring (bicyclic) bond motifs is 4. The van der Waals surface area contributed by atoms with Crippen molar-refractivity contribution in [3.63, 3.8) is 0 Å². The molecule has 230 valence electrons. The summed E-state index contributed by atoms with van der Waals surface area (Å²) in [5.74, 6) is 0.116. The summed E-state index contributed by atoms with van der Waals surface area (Å²) in [5, 5.41) is 20.3. The number of hydrogen-bond acceptors (Lipinski definition) is 8. The number of piperazine rings is 1. The Morgan fingerprint density at radius 2 is 2.07 bits per heavy atom. The summed E-state index contributed by atoms with van der Waals surface area (Å²) >= 11 is 0. The Hall–Kier alpha value is -4.61. The number of aromatic nitrogens is 2. The number of rotatable bonds is 7. The molecule has 2 unspecified atom stereocenters. The maximum Gasteiger partial charge on any atom is 0.246 e. The van der Waals surface area contributed by atoms with Gasteiger partial charge in [0.1, 0.15) is 35.6 Å². The van der Waals surface area contributed by atoms with Gasteiger partial charge in [0.15, 0.2) is 5.82 Å². The van der Waals surface area contributed by atoms with Crippen LogP contribution in [0, 0.1) is 34.4 Å². The zero-order valence-electron chi connectivity index (χ0n) is 25.0. The van der Waals surface area contributed by atoms with Crippen molar-refractivity contribution in [3.8, 4) is 29.3 Å². The molecule has 2 aliphatic heterocycles. The first kappa shape index (κ1) is 29.1. The van der Waals surface area contributed by atoms with E-state index in [9.17, 15) is 19.7 Å². The third kappa shape index (κ3) is 4.96. The molecule has 1 amide bonds. The van der Waals surface area contributed by atoms with Crippen LogP contribution in [0.3, 0.4) is 0 Å².